The van der Waals surface area contributed by atoms with Crippen molar-refractivity contribution in [3.8, 4) is 22.7 Å². The van der Waals surface area contributed by atoms with Crippen molar-refractivity contribution in [2.75, 3.05) is 7.11 Å². The molecule has 0 aliphatic carbocycles. The van der Waals surface area contributed by atoms with Crippen LogP contribution in [0.4, 0.5) is 0 Å². The van der Waals surface area contributed by atoms with Crippen LogP contribution in [0.2, 0.25) is 0 Å². The van der Waals surface area contributed by atoms with Crippen molar-refractivity contribution in [3.05, 3.63) is 76.9 Å². The van der Waals surface area contributed by atoms with Crippen molar-refractivity contribution < 1.29 is 9.53 Å². The number of ether oxygens (including phenoxy) is 1. The number of para-hydroxylation sites is 1. The van der Waals surface area contributed by atoms with E-state index in [4.69, 9.17) is 9.84 Å². The number of hydrogen-bond acceptors (Lipinski definition) is 7. The number of hydrogen-bond donors (Lipinski definition) is 1. The van der Waals surface area contributed by atoms with Crippen molar-refractivity contribution >= 4 is 23.7 Å². The van der Waals surface area contributed by atoms with Gasteiger partial charge in [0, 0.05) is 17.3 Å². The molecule has 30 heavy (non-hydrogen) atoms. The Labute approximate surface area is 177 Å². The first-order valence-electron chi connectivity index (χ1n) is 9.07. The molecule has 150 valence electrons. The lowest BCUT2D eigenvalue weighted by Gasteiger charge is -2.02. The van der Waals surface area contributed by atoms with Gasteiger partial charge in [0.05, 0.1) is 24.7 Å². The molecule has 8 nitrogen and oxygen atoms in total. The van der Waals surface area contributed by atoms with E-state index in [-0.39, 0.29) is 5.91 Å². The maximum atomic E-state index is 12.2. The molecular weight excluding hydrogens is 400 g/mol. The van der Waals surface area contributed by atoms with E-state index in [0.29, 0.717) is 10.6 Å². The first-order valence-corrected chi connectivity index (χ1v) is 9.85. The average Bonchev–Trinajstić information content (AvgIpc) is 3.41. The molecule has 2 heterocycles. The van der Waals surface area contributed by atoms with Crippen LogP contribution < -0.4 is 10.2 Å². The standard InChI is InChI=1S/C21H18N6O2S/c1-14-20(30-26-23-14)21(28)24-22-12-16-13-27(17-6-4-3-5-7-17)25-19(16)15-8-10-18(29-2)11-9-15/h3-13H,1-2H3,(H,24,28)/b22-12+. The number of carbonyl (C=O) groups excluding carboxylic acids is 1. The molecule has 0 saturated heterocycles. The summed E-state index contributed by atoms with van der Waals surface area (Å²) in [5.74, 6) is 0.414. The third-order valence-electron chi connectivity index (χ3n) is 4.35. The normalized spacial score (nSPS) is 11.0. The lowest BCUT2D eigenvalue weighted by molar-refractivity contribution is 0.0958. The smallest absolute Gasteiger partial charge is 0.285 e. The molecule has 1 amide bonds. The van der Waals surface area contributed by atoms with Crippen LogP contribution in [0, 0.1) is 6.92 Å². The van der Waals surface area contributed by atoms with Gasteiger partial charge in [-0.15, -0.1) is 5.10 Å². The lowest BCUT2D eigenvalue weighted by atomic mass is 10.1. The molecule has 4 aromatic rings. The summed E-state index contributed by atoms with van der Waals surface area (Å²) < 4.78 is 10.8. The second-order valence-electron chi connectivity index (χ2n) is 6.33. The Balaban J connectivity index is 1.65. The predicted molar refractivity (Wildman–Crippen MR) is 115 cm³/mol. The van der Waals surface area contributed by atoms with Crippen molar-refractivity contribution in [1.82, 2.24) is 24.8 Å². The van der Waals surface area contributed by atoms with E-state index in [0.717, 1.165) is 39.8 Å². The maximum absolute atomic E-state index is 12.2. The summed E-state index contributed by atoms with van der Waals surface area (Å²) in [6, 6.07) is 17.4. The molecular formula is C21H18N6O2S. The van der Waals surface area contributed by atoms with Gasteiger partial charge >= 0.3 is 0 Å². The zero-order chi connectivity index (χ0) is 20.9. The zero-order valence-corrected chi connectivity index (χ0v) is 17.1. The quantitative estimate of drug-likeness (QED) is 0.382. The number of methoxy groups -OCH3 is 1. The van der Waals surface area contributed by atoms with Gasteiger partial charge < -0.3 is 4.74 Å². The van der Waals surface area contributed by atoms with E-state index in [1.807, 2.05) is 60.8 Å². The number of aromatic nitrogens is 4. The molecule has 2 aromatic carbocycles. The van der Waals surface area contributed by atoms with Crippen molar-refractivity contribution in [1.29, 1.82) is 0 Å². The van der Waals surface area contributed by atoms with E-state index in [9.17, 15) is 4.79 Å². The summed E-state index contributed by atoms with van der Waals surface area (Å²) in [4.78, 5) is 12.7. The first kappa shape index (κ1) is 19.5. The Morgan fingerprint density at radius 1 is 1.17 bits per heavy atom. The molecule has 9 heteroatoms. The van der Waals surface area contributed by atoms with Gasteiger partial charge in [0.1, 0.15) is 16.3 Å². The average molecular weight is 418 g/mol. The maximum Gasteiger partial charge on any atom is 0.285 e. The molecule has 0 fully saturated rings. The van der Waals surface area contributed by atoms with Gasteiger partial charge in [-0.05, 0) is 54.9 Å². The molecule has 1 N–H and O–H groups in total. The summed E-state index contributed by atoms with van der Waals surface area (Å²) in [5, 5.41) is 12.7. The Kier molecular flexibility index (Phi) is 5.62. The second-order valence-corrected chi connectivity index (χ2v) is 7.08. The number of nitrogens with zero attached hydrogens (tertiary/aromatic N) is 5. The van der Waals surface area contributed by atoms with Crippen LogP contribution in [0.15, 0.2) is 65.9 Å². The van der Waals surface area contributed by atoms with Crippen LogP contribution >= 0.6 is 11.5 Å². The number of rotatable bonds is 6. The molecule has 0 saturated carbocycles. The summed E-state index contributed by atoms with van der Waals surface area (Å²) in [5.41, 5.74) is 6.40. The van der Waals surface area contributed by atoms with Crippen molar-refractivity contribution in [2.45, 2.75) is 6.92 Å². The molecule has 2 aromatic heterocycles. The van der Waals surface area contributed by atoms with E-state index in [2.05, 4.69) is 20.1 Å². The molecule has 0 aliphatic rings. The number of hydrazone groups is 1. The van der Waals surface area contributed by atoms with Gasteiger partial charge in [-0.3, -0.25) is 4.79 Å². The van der Waals surface area contributed by atoms with Crippen LogP contribution in [-0.2, 0) is 0 Å². The fraction of sp³-hybridized carbons (Fsp3) is 0.0952. The topological polar surface area (TPSA) is 94.3 Å². The van der Waals surface area contributed by atoms with Gasteiger partial charge in [-0.25, -0.2) is 10.1 Å². The molecule has 0 atom stereocenters. The summed E-state index contributed by atoms with van der Waals surface area (Å²) >= 11 is 1.03. The monoisotopic (exact) mass is 418 g/mol. The highest BCUT2D eigenvalue weighted by Gasteiger charge is 2.14. The fourth-order valence-electron chi connectivity index (χ4n) is 2.82. The van der Waals surface area contributed by atoms with Crippen molar-refractivity contribution in [2.24, 2.45) is 5.10 Å². The highest BCUT2D eigenvalue weighted by molar-refractivity contribution is 7.07. The number of carbonyl (C=O) groups is 1. The van der Waals surface area contributed by atoms with Gasteiger partial charge in [0.15, 0.2) is 0 Å². The van der Waals surface area contributed by atoms with Crippen LogP contribution in [0.25, 0.3) is 16.9 Å². The fourth-order valence-corrected chi connectivity index (χ4v) is 3.37. The predicted octanol–water partition coefficient (Wildman–Crippen LogP) is 3.47. The van der Waals surface area contributed by atoms with Gasteiger partial charge in [0.2, 0.25) is 0 Å². The number of nitrogens with one attached hydrogen (secondary N) is 1. The Hall–Kier alpha value is -3.85. The van der Waals surface area contributed by atoms with Gasteiger partial charge in [0.25, 0.3) is 5.91 Å². The summed E-state index contributed by atoms with van der Waals surface area (Å²) in [7, 11) is 1.63. The number of amides is 1. The molecule has 0 aliphatic heterocycles. The summed E-state index contributed by atoms with van der Waals surface area (Å²) in [6.07, 6.45) is 3.44. The molecule has 0 radical (unpaired) electrons. The summed E-state index contributed by atoms with van der Waals surface area (Å²) in [6.45, 7) is 1.73. The molecule has 4 rings (SSSR count). The van der Waals surface area contributed by atoms with Crippen LogP contribution in [0.1, 0.15) is 20.9 Å². The number of aryl methyl sites for hydroxylation is 1. The molecule has 0 spiro atoms. The van der Waals surface area contributed by atoms with Gasteiger partial charge in [-0.2, -0.15) is 10.2 Å². The van der Waals surface area contributed by atoms with Gasteiger partial charge in [-0.1, -0.05) is 22.7 Å². The van der Waals surface area contributed by atoms with Crippen LogP contribution in [-0.4, -0.2) is 38.6 Å². The minimum absolute atomic E-state index is 0.347. The van der Waals surface area contributed by atoms with E-state index < -0.39 is 0 Å². The highest BCUT2D eigenvalue weighted by Crippen LogP contribution is 2.25. The van der Waals surface area contributed by atoms with Crippen LogP contribution in [0.3, 0.4) is 0 Å². The lowest BCUT2D eigenvalue weighted by Crippen LogP contribution is -2.17. The van der Waals surface area contributed by atoms with E-state index >= 15 is 0 Å². The van der Waals surface area contributed by atoms with E-state index in [1.54, 1.807) is 24.9 Å². The Morgan fingerprint density at radius 3 is 2.60 bits per heavy atom. The van der Waals surface area contributed by atoms with E-state index in [1.165, 1.54) is 0 Å². The zero-order valence-electron chi connectivity index (χ0n) is 16.3. The number of benzene rings is 2. The third kappa shape index (κ3) is 4.11. The Bertz CT molecular complexity index is 1180. The molecule has 0 bridgehead atoms. The van der Waals surface area contributed by atoms with Crippen LogP contribution in [0.5, 0.6) is 5.75 Å². The minimum atomic E-state index is -0.347. The Morgan fingerprint density at radius 2 is 1.93 bits per heavy atom. The largest absolute Gasteiger partial charge is 0.497 e. The third-order valence-corrected chi connectivity index (χ3v) is 5.18. The molecule has 0 unspecified atom stereocenters. The SMILES string of the molecule is COc1ccc(-c2nn(-c3ccccc3)cc2/C=N/NC(=O)c2snnc2C)cc1. The first-order chi connectivity index (χ1) is 14.7. The minimum Gasteiger partial charge on any atom is -0.497 e. The highest BCUT2D eigenvalue weighted by atomic mass is 32.1. The van der Waals surface area contributed by atoms with Crippen molar-refractivity contribution in [3.63, 3.8) is 0 Å². The second kappa shape index (κ2) is 8.66.